The Kier molecular flexibility index (Phi) is 10.7. The van der Waals surface area contributed by atoms with E-state index >= 15 is 0 Å². The van der Waals surface area contributed by atoms with E-state index in [1.54, 1.807) is 0 Å². The molecular formula is C25H50N4O7S2. The van der Waals surface area contributed by atoms with Gasteiger partial charge in [0.25, 0.3) is 0 Å². The van der Waals surface area contributed by atoms with Crippen molar-refractivity contribution >= 4 is 26.1 Å². The number of hydrogen-bond donors (Lipinski definition) is 4. The third kappa shape index (κ3) is 9.20. The molecule has 0 spiro atoms. The molecule has 1 amide bonds. The van der Waals surface area contributed by atoms with Gasteiger partial charge in [-0.25, -0.2) is 9.00 Å². The summed E-state index contributed by atoms with van der Waals surface area (Å²) in [5.41, 5.74) is -1.81. The highest BCUT2D eigenvalue weighted by Crippen LogP contribution is 2.39. The number of carbonyl (C=O) groups is 1. The van der Waals surface area contributed by atoms with Gasteiger partial charge in [0.05, 0.1) is 18.5 Å². The van der Waals surface area contributed by atoms with Crippen molar-refractivity contribution in [1.29, 1.82) is 0 Å². The number of hydrogen-bond acceptors (Lipinski definition) is 10. The first kappa shape index (κ1) is 33.6. The standard InChI is InChI=1S/C25H50N4O7S2/c1-22(2)12-18(13-23(3,4)28(22)31)27(9)16-20(36-21(30)26-10-11-38(33,34)37)17-35-19-14-24(5,6)29(32)25(7,8)15-19/h18-20,31-32H,10-17H2,1-9H3,(H,26,30)(H,33,34,37). The van der Waals surface area contributed by atoms with Crippen LogP contribution < -0.4 is 5.32 Å². The minimum Gasteiger partial charge on any atom is -0.442 e. The van der Waals surface area contributed by atoms with E-state index in [0.717, 1.165) is 12.8 Å². The summed E-state index contributed by atoms with van der Waals surface area (Å²) in [6, 6.07) is 0.132. The third-order valence-electron chi connectivity index (χ3n) is 7.75. The molecule has 2 saturated heterocycles. The van der Waals surface area contributed by atoms with Gasteiger partial charge in [-0.1, -0.05) is 0 Å². The van der Waals surface area contributed by atoms with E-state index in [4.69, 9.17) is 9.47 Å². The molecule has 0 bridgehead atoms. The number of carbonyl (C=O) groups excluding carboxylic acids is 1. The number of nitrogens with one attached hydrogen (secondary N) is 1. The molecule has 0 radical (unpaired) electrons. The summed E-state index contributed by atoms with van der Waals surface area (Å²) in [6.45, 7) is 16.4. The molecule has 13 heteroatoms. The van der Waals surface area contributed by atoms with Crippen molar-refractivity contribution < 1.29 is 33.4 Å². The van der Waals surface area contributed by atoms with Crippen molar-refractivity contribution in [2.45, 2.75) is 121 Å². The number of ether oxygens (including phenoxy) is 2. The van der Waals surface area contributed by atoms with E-state index in [1.807, 2.05) is 62.4 Å². The Morgan fingerprint density at radius 2 is 1.45 bits per heavy atom. The molecule has 2 fully saturated rings. The Labute approximate surface area is 233 Å². The van der Waals surface area contributed by atoms with Gasteiger partial charge >= 0.3 is 6.09 Å². The third-order valence-corrected chi connectivity index (χ3v) is 8.97. The van der Waals surface area contributed by atoms with Gasteiger partial charge < -0.3 is 29.8 Å². The second kappa shape index (κ2) is 12.1. The second-order valence-corrected chi connectivity index (χ2v) is 16.6. The highest BCUT2D eigenvalue weighted by molar-refractivity contribution is 8.29. The number of alkyl carbamates (subject to hydrolysis) is 1. The molecule has 0 saturated carbocycles. The molecule has 2 aliphatic rings. The van der Waals surface area contributed by atoms with E-state index in [-0.39, 0.29) is 31.1 Å². The Balaban J connectivity index is 2.11. The predicted molar refractivity (Wildman–Crippen MR) is 149 cm³/mol. The van der Waals surface area contributed by atoms with Crippen LogP contribution in [0, 0.1) is 0 Å². The lowest BCUT2D eigenvalue weighted by Gasteiger charge is -2.53. The minimum absolute atomic E-state index is 0.0737. The summed E-state index contributed by atoms with van der Waals surface area (Å²) < 4.78 is 32.7. The van der Waals surface area contributed by atoms with Crippen LogP contribution in [-0.2, 0) is 29.4 Å². The van der Waals surface area contributed by atoms with Crippen molar-refractivity contribution in [1.82, 2.24) is 20.3 Å². The summed E-state index contributed by atoms with van der Waals surface area (Å²) >= 11 is 4.48. The maximum absolute atomic E-state index is 12.6. The first-order chi connectivity index (χ1) is 17.1. The van der Waals surface area contributed by atoms with Crippen molar-refractivity contribution in [3.05, 3.63) is 0 Å². The highest BCUT2D eigenvalue weighted by atomic mass is 32.8. The number of hydroxylamine groups is 4. The quantitative estimate of drug-likeness (QED) is 0.303. The molecular weight excluding hydrogens is 532 g/mol. The summed E-state index contributed by atoms with van der Waals surface area (Å²) in [6.07, 6.45) is 1.22. The van der Waals surface area contributed by atoms with E-state index in [9.17, 15) is 24.0 Å². The van der Waals surface area contributed by atoms with Crippen LogP contribution in [0.15, 0.2) is 0 Å². The maximum atomic E-state index is 12.6. The maximum Gasteiger partial charge on any atom is 0.407 e. The zero-order chi connectivity index (χ0) is 29.3. The van der Waals surface area contributed by atoms with E-state index < -0.39 is 43.1 Å². The molecule has 4 N–H and O–H groups in total. The molecule has 0 aromatic rings. The average molecular weight is 583 g/mol. The Bertz CT molecular complexity index is 891. The van der Waals surface area contributed by atoms with Gasteiger partial charge in [0.1, 0.15) is 14.9 Å². The van der Waals surface area contributed by atoms with Gasteiger partial charge in [0.15, 0.2) is 0 Å². The van der Waals surface area contributed by atoms with Crippen molar-refractivity contribution in [3.8, 4) is 0 Å². The Hall–Kier alpha value is -0.640. The zero-order valence-corrected chi connectivity index (χ0v) is 26.2. The summed E-state index contributed by atoms with van der Waals surface area (Å²) in [7, 11) is -1.40. The second-order valence-electron chi connectivity index (χ2n) is 13.5. The topological polar surface area (TPSA) is 135 Å². The number of amides is 1. The van der Waals surface area contributed by atoms with Crippen LogP contribution in [0.5, 0.6) is 0 Å². The first-order valence-electron chi connectivity index (χ1n) is 13.3. The number of rotatable bonds is 10. The number of likely N-dealkylation sites (N-methyl/N-ethyl adjacent to an activating group) is 1. The minimum atomic E-state index is -3.38. The zero-order valence-electron chi connectivity index (χ0n) is 24.5. The van der Waals surface area contributed by atoms with Gasteiger partial charge in [0, 0.05) is 52.5 Å². The van der Waals surface area contributed by atoms with E-state index in [1.165, 1.54) is 10.1 Å². The lowest BCUT2D eigenvalue weighted by molar-refractivity contribution is -0.262. The molecule has 0 aromatic heterocycles. The Morgan fingerprint density at radius 3 is 1.89 bits per heavy atom. The molecule has 224 valence electrons. The molecule has 0 aliphatic carbocycles. The van der Waals surface area contributed by atoms with Crippen LogP contribution >= 0.6 is 0 Å². The van der Waals surface area contributed by atoms with Crippen LogP contribution in [0.1, 0.15) is 81.1 Å². The summed E-state index contributed by atoms with van der Waals surface area (Å²) in [5, 5.41) is 26.6. The molecule has 38 heavy (non-hydrogen) atoms. The van der Waals surface area contributed by atoms with E-state index in [2.05, 4.69) is 21.4 Å². The molecule has 11 nitrogen and oxygen atoms in total. The van der Waals surface area contributed by atoms with Gasteiger partial charge in [0.2, 0.25) is 0 Å². The fourth-order valence-electron chi connectivity index (χ4n) is 6.14. The summed E-state index contributed by atoms with van der Waals surface area (Å²) in [4.78, 5) is 14.7. The molecule has 2 unspecified atom stereocenters. The van der Waals surface area contributed by atoms with Crippen LogP contribution in [0.2, 0.25) is 0 Å². The van der Waals surface area contributed by atoms with Crippen molar-refractivity contribution in [2.24, 2.45) is 0 Å². The molecule has 2 heterocycles. The monoisotopic (exact) mass is 582 g/mol. The van der Waals surface area contributed by atoms with Gasteiger partial charge in [-0.3, -0.25) is 4.90 Å². The smallest absolute Gasteiger partial charge is 0.407 e. The highest BCUT2D eigenvalue weighted by Gasteiger charge is 2.47. The molecule has 2 aliphatic heterocycles. The van der Waals surface area contributed by atoms with Crippen LogP contribution in [0.3, 0.4) is 0 Å². The number of nitrogens with zero attached hydrogens (tertiary/aromatic N) is 3. The van der Waals surface area contributed by atoms with Crippen LogP contribution in [0.25, 0.3) is 0 Å². The van der Waals surface area contributed by atoms with Gasteiger partial charge in [-0.05, 0) is 88.1 Å². The van der Waals surface area contributed by atoms with Crippen molar-refractivity contribution in [3.63, 3.8) is 0 Å². The lowest BCUT2D eigenvalue weighted by Crippen LogP contribution is -2.63. The van der Waals surface area contributed by atoms with E-state index in [0.29, 0.717) is 19.4 Å². The number of piperidine rings is 2. The molecule has 2 atom stereocenters. The van der Waals surface area contributed by atoms with Gasteiger partial charge in [-0.15, -0.1) is 0 Å². The largest absolute Gasteiger partial charge is 0.442 e. The SMILES string of the molecule is CN(CC(COC1CC(C)(C)N(O)C(C)(C)C1)OC(=O)NCCS(=O)(O)=S)C1CC(C)(C)N(O)C(C)(C)C1. The fourth-order valence-corrected chi connectivity index (χ4v) is 6.75. The van der Waals surface area contributed by atoms with Gasteiger partial charge in [-0.2, -0.15) is 10.1 Å². The molecule has 0 aromatic carbocycles. The Morgan fingerprint density at radius 1 is 1.00 bits per heavy atom. The van der Waals surface area contributed by atoms with Crippen molar-refractivity contribution in [2.75, 3.05) is 32.5 Å². The lowest BCUT2D eigenvalue weighted by atomic mass is 9.78. The fraction of sp³-hybridized carbons (Fsp3) is 0.960. The van der Waals surface area contributed by atoms with Crippen LogP contribution in [0.4, 0.5) is 4.79 Å². The first-order valence-corrected chi connectivity index (χ1v) is 15.9. The average Bonchev–Trinajstić information content (AvgIpc) is 2.72. The van der Waals surface area contributed by atoms with Crippen LogP contribution in [-0.4, -0.2) is 113 Å². The molecule has 2 rings (SSSR count). The summed E-state index contributed by atoms with van der Waals surface area (Å²) in [5.74, 6) is -0.244. The normalized spacial score (nSPS) is 26.6. The predicted octanol–water partition coefficient (Wildman–Crippen LogP) is 3.07.